The fourth-order valence-corrected chi connectivity index (χ4v) is 0.760. The highest BCUT2D eigenvalue weighted by atomic mass is 17.1. The molecular formula is C12H22O3. The minimum Gasteiger partial charge on any atom is -0.301 e. The van der Waals surface area contributed by atoms with Gasteiger partial charge in [0.05, 0.1) is 6.42 Å². The Kier molecular flexibility index (Phi) is 6.25. The van der Waals surface area contributed by atoms with Gasteiger partial charge in [0.2, 0.25) is 0 Å². The number of carbonyl (C=O) groups excluding carboxylic acids is 1. The van der Waals surface area contributed by atoms with Crippen LogP contribution in [-0.4, -0.2) is 11.2 Å². The third-order valence-corrected chi connectivity index (χ3v) is 2.72. The van der Waals surface area contributed by atoms with Gasteiger partial charge in [0.15, 0.2) is 0 Å². The molecule has 0 aromatic rings. The molecule has 0 aromatic heterocycles. The summed E-state index contributed by atoms with van der Waals surface area (Å²) in [5.41, 5.74) is 0.0776. The lowest BCUT2D eigenvalue weighted by Gasteiger charge is -2.25. The van der Waals surface area contributed by atoms with Crippen molar-refractivity contribution in [1.82, 2.24) is 0 Å². The van der Waals surface area contributed by atoms with Crippen LogP contribution in [0.4, 0.5) is 0 Å². The van der Waals surface area contributed by atoms with Crippen molar-refractivity contribution in [3.05, 3.63) is 12.2 Å². The van der Waals surface area contributed by atoms with E-state index >= 15 is 0 Å². The summed E-state index contributed by atoms with van der Waals surface area (Å²) < 4.78 is 0. The molecule has 0 saturated heterocycles. The SMILES string of the molecule is C1=CCC1.CC(CC(=O)OO)C(C)(C)C. The molecule has 0 spiro atoms. The molecule has 0 aliphatic heterocycles. The van der Waals surface area contributed by atoms with Gasteiger partial charge in [-0.25, -0.2) is 4.79 Å². The van der Waals surface area contributed by atoms with E-state index in [1.54, 1.807) is 0 Å². The predicted octanol–water partition coefficient (Wildman–Crippen LogP) is 3.41. The van der Waals surface area contributed by atoms with Crippen LogP contribution in [0.1, 0.15) is 47.0 Å². The lowest BCUT2D eigenvalue weighted by molar-refractivity contribution is -0.235. The summed E-state index contributed by atoms with van der Waals surface area (Å²) in [4.78, 5) is 14.2. The van der Waals surface area contributed by atoms with E-state index in [2.05, 4.69) is 17.0 Å². The molecule has 0 saturated carbocycles. The molecule has 15 heavy (non-hydrogen) atoms. The lowest BCUT2D eigenvalue weighted by Crippen LogP contribution is -2.21. The molecule has 1 aliphatic rings. The van der Waals surface area contributed by atoms with E-state index < -0.39 is 5.97 Å². The highest BCUT2D eigenvalue weighted by Crippen LogP contribution is 2.27. The largest absolute Gasteiger partial charge is 0.342 e. The van der Waals surface area contributed by atoms with E-state index in [0.29, 0.717) is 0 Å². The van der Waals surface area contributed by atoms with Gasteiger partial charge in [-0.05, 0) is 24.2 Å². The molecular weight excluding hydrogens is 192 g/mol. The first-order valence-corrected chi connectivity index (χ1v) is 5.37. The van der Waals surface area contributed by atoms with E-state index in [4.69, 9.17) is 5.26 Å². The molecule has 1 unspecified atom stereocenters. The van der Waals surface area contributed by atoms with Crippen molar-refractivity contribution in [2.75, 3.05) is 0 Å². The van der Waals surface area contributed by atoms with Gasteiger partial charge in [-0.2, -0.15) is 5.26 Å². The highest BCUT2D eigenvalue weighted by molar-refractivity contribution is 5.68. The van der Waals surface area contributed by atoms with Crippen molar-refractivity contribution in [2.24, 2.45) is 11.3 Å². The van der Waals surface area contributed by atoms with E-state index in [1.165, 1.54) is 12.8 Å². The van der Waals surface area contributed by atoms with E-state index in [-0.39, 0.29) is 17.8 Å². The highest BCUT2D eigenvalue weighted by Gasteiger charge is 2.23. The van der Waals surface area contributed by atoms with Crippen LogP contribution in [0.3, 0.4) is 0 Å². The Morgan fingerprint density at radius 2 is 1.80 bits per heavy atom. The lowest BCUT2D eigenvalue weighted by atomic mass is 9.80. The standard InChI is InChI=1S/C8H16O3.C4H6/c1-6(8(2,3)4)5-7(9)11-10;1-2-4-3-1/h6,10H,5H2,1-4H3;1-2H,3-4H2. The number of carbonyl (C=O) groups is 1. The Morgan fingerprint density at radius 1 is 1.40 bits per heavy atom. The molecule has 1 atom stereocenters. The molecule has 1 aliphatic carbocycles. The minimum atomic E-state index is -0.563. The second-order valence-corrected chi connectivity index (χ2v) is 4.98. The number of hydrogen-bond donors (Lipinski definition) is 1. The van der Waals surface area contributed by atoms with Crippen molar-refractivity contribution in [3.63, 3.8) is 0 Å². The Balaban J connectivity index is 0.000000401. The van der Waals surface area contributed by atoms with Gasteiger partial charge in [0.25, 0.3) is 0 Å². The summed E-state index contributed by atoms with van der Waals surface area (Å²) in [7, 11) is 0. The van der Waals surface area contributed by atoms with Crippen molar-refractivity contribution in [2.45, 2.75) is 47.0 Å². The molecule has 0 aromatic carbocycles. The molecule has 0 heterocycles. The Morgan fingerprint density at radius 3 is 2.00 bits per heavy atom. The molecule has 88 valence electrons. The Bertz CT molecular complexity index is 207. The first-order valence-electron chi connectivity index (χ1n) is 5.37. The summed E-state index contributed by atoms with van der Waals surface area (Å²) in [6, 6.07) is 0. The summed E-state index contributed by atoms with van der Waals surface area (Å²) >= 11 is 0. The zero-order valence-corrected chi connectivity index (χ0v) is 10.1. The maximum absolute atomic E-state index is 10.6. The average molecular weight is 214 g/mol. The molecule has 1 N–H and O–H groups in total. The molecule has 1 rings (SSSR count). The number of allylic oxidation sites excluding steroid dienone is 2. The van der Waals surface area contributed by atoms with Gasteiger partial charge in [-0.15, -0.1) is 0 Å². The second-order valence-electron chi connectivity index (χ2n) is 4.98. The van der Waals surface area contributed by atoms with Gasteiger partial charge in [-0.3, -0.25) is 0 Å². The van der Waals surface area contributed by atoms with Gasteiger partial charge in [0.1, 0.15) is 0 Å². The third kappa shape index (κ3) is 7.14. The smallest absolute Gasteiger partial charge is 0.301 e. The fraction of sp³-hybridized carbons (Fsp3) is 0.750. The van der Waals surface area contributed by atoms with E-state index in [0.717, 1.165) is 0 Å². The topological polar surface area (TPSA) is 46.5 Å². The second kappa shape index (κ2) is 6.62. The Hall–Kier alpha value is -0.830. The van der Waals surface area contributed by atoms with Crippen molar-refractivity contribution < 1.29 is 14.9 Å². The first-order chi connectivity index (χ1) is 6.88. The summed E-state index contributed by atoms with van der Waals surface area (Å²) in [6.45, 7) is 8.09. The van der Waals surface area contributed by atoms with Crippen molar-refractivity contribution >= 4 is 5.97 Å². The van der Waals surface area contributed by atoms with Crippen LogP contribution in [0.15, 0.2) is 12.2 Å². The third-order valence-electron chi connectivity index (χ3n) is 2.72. The van der Waals surface area contributed by atoms with Crippen LogP contribution >= 0.6 is 0 Å². The van der Waals surface area contributed by atoms with Crippen LogP contribution in [0.5, 0.6) is 0 Å². The summed E-state index contributed by atoms with van der Waals surface area (Å²) in [6.07, 6.45) is 7.26. The molecule has 0 amide bonds. The number of hydrogen-bond acceptors (Lipinski definition) is 3. The zero-order chi connectivity index (χ0) is 11.9. The number of rotatable bonds is 2. The zero-order valence-electron chi connectivity index (χ0n) is 10.1. The maximum atomic E-state index is 10.6. The summed E-state index contributed by atoms with van der Waals surface area (Å²) in [5.74, 6) is -0.352. The van der Waals surface area contributed by atoms with Crippen LogP contribution < -0.4 is 0 Å². The van der Waals surface area contributed by atoms with E-state index in [9.17, 15) is 4.79 Å². The van der Waals surface area contributed by atoms with Gasteiger partial charge < -0.3 is 4.89 Å². The fourth-order valence-electron chi connectivity index (χ4n) is 0.760. The molecule has 0 bridgehead atoms. The van der Waals surface area contributed by atoms with Crippen LogP contribution in [0.25, 0.3) is 0 Å². The van der Waals surface area contributed by atoms with Crippen molar-refractivity contribution in [3.8, 4) is 0 Å². The van der Waals surface area contributed by atoms with Crippen LogP contribution in [0, 0.1) is 11.3 Å². The molecule has 3 nitrogen and oxygen atoms in total. The predicted molar refractivity (Wildman–Crippen MR) is 60.3 cm³/mol. The summed E-state index contributed by atoms with van der Waals surface area (Å²) in [5, 5.41) is 8.00. The minimum absolute atomic E-state index is 0.0776. The van der Waals surface area contributed by atoms with Crippen LogP contribution in [-0.2, 0) is 9.68 Å². The Labute approximate surface area is 92.1 Å². The average Bonchev–Trinajstić information content (AvgIpc) is 1.99. The van der Waals surface area contributed by atoms with Gasteiger partial charge in [-0.1, -0.05) is 39.8 Å². The van der Waals surface area contributed by atoms with Gasteiger partial charge in [0, 0.05) is 0 Å². The van der Waals surface area contributed by atoms with Crippen molar-refractivity contribution in [1.29, 1.82) is 0 Å². The van der Waals surface area contributed by atoms with E-state index in [1.807, 2.05) is 27.7 Å². The quantitative estimate of drug-likeness (QED) is 0.435. The van der Waals surface area contributed by atoms with Crippen LogP contribution in [0.2, 0.25) is 0 Å². The normalized spacial score (nSPS) is 15.8. The first kappa shape index (κ1) is 14.2. The maximum Gasteiger partial charge on any atom is 0.342 e. The van der Waals surface area contributed by atoms with Gasteiger partial charge >= 0.3 is 5.97 Å². The monoisotopic (exact) mass is 214 g/mol. The molecule has 0 fully saturated rings. The molecule has 0 radical (unpaired) electrons. The molecule has 3 heteroatoms.